The number of rotatable bonds is 4. The van der Waals surface area contributed by atoms with Crippen LogP contribution in [0.1, 0.15) is 48.3 Å². The van der Waals surface area contributed by atoms with E-state index in [2.05, 4.69) is 45.9 Å². The molecule has 0 bridgehead atoms. The SMILES string of the molecule is COc1ccccc1C#Cc1ccc([C@H]2[C@H]3CN(C(=O)C4CC4)CCCCN3[C@H]2CO)cc1. The Morgan fingerprint density at radius 3 is 2.55 bits per heavy atom. The third-order valence-electron chi connectivity index (χ3n) is 7.35. The first-order chi connectivity index (χ1) is 16.2. The summed E-state index contributed by atoms with van der Waals surface area (Å²) in [5.74, 6) is 8.04. The minimum absolute atomic E-state index is 0.122. The lowest BCUT2D eigenvalue weighted by Crippen LogP contribution is -2.68. The predicted molar refractivity (Wildman–Crippen MR) is 128 cm³/mol. The largest absolute Gasteiger partial charge is 0.495 e. The zero-order valence-electron chi connectivity index (χ0n) is 19.2. The molecule has 1 aliphatic carbocycles. The molecule has 5 rings (SSSR count). The molecule has 5 nitrogen and oxygen atoms in total. The first kappa shape index (κ1) is 22.0. The predicted octanol–water partition coefficient (Wildman–Crippen LogP) is 3.26. The molecule has 0 aromatic heterocycles. The van der Waals surface area contributed by atoms with Gasteiger partial charge in [-0.1, -0.05) is 36.1 Å². The summed E-state index contributed by atoms with van der Waals surface area (Å²) in [6.07, 6.45) is 4.21. The highest BCUT2D eigenvalue weighted by Gasteiger charge is 2.50. The number of aliphatic hydroxyl groups excluding tert-OH is 1. The summed E-state index contributed by atoms with van der Waals surface area (Å²) in [6.45, 7) is 2.78. The van der Waals surface area contributed by atoms with Gasteiger partial charge in [-0.15, -0.1) is 0 Å². The lowest BCUT2D eigenvalue weighted by atomic mass is 9.74. The molecule has 5 heteroatoms. The average molecular weight is 445 g/mol. The Bertz CT molecular complexity index is 1050. The van der Waals surface area contributed by atoms with E-state index in [0.29, 0.717) is 5.91 Å². The van der Waals surface area contributed by atoms with Crippen LogP contribution in [0.4, 0.5) is 0 Å². The number of methoxy groups -OCH3 is 1. The van der Waals surface area contributed by atoms with Gasteiger partial charge in [0.2, 0.25) is 5.91 Å². The Morgan fingerprint density at radius 2 is 1.82 bits per heavy atom. The van der Waals surface area contributed by atoms with Crippen LogP contribution in [0.5, 0.6) is 5.75 Å². The number of para-hydroxylation sites is 1. The van der Waals surface area contributed by atoms with Gasteiger partial charge in [0.15, 0.2) is 0 Å². The summed E-state index contributed by atoms with van der Waals surface area (Å²) in [5.41, 5.74) is 3.04. The third-order valence-corrected chi connectivity index (χ3v) is 7.35. The average Bonchev–Trinajstić information content (AvgIpc) is 3.68. The molecule has 3 fully saturated rings. The van der Waals surface area contributed by atoms with Gasteiger partial charge in [-0.3, -0.25) is 9.69 Å². The number of ether oxygens (including phenoxy) is 1. The lowest BCUT2D eigenvalue weighted by Gasteiger charge is -2.57. The van der Waals surface area contributed by atoms with Crippen LogP contribution in [0.15, 0.2) is 48.5 Å². The smallest absolute Gasteiger partial charge is 0.225 e. The maximum atomic E-state index is 12.8. The molecule has 2 aliphatic heterocycles. The second kappa shape index (κ2) is 9.59. The zero-order chi connectivity index (χ0) is 22.8. The van der Waals surface area contributed by atoms with E-state index >= 15 is 0 Å². The van der Waals surface area contributed by atoms with Crippen LogP contribution >= 0.6 is 0 Å². The van der Waals surface area contributed by atoms with Gasteiger partial charge in [-0.25, -0.2) is 0 Å². The van der Waals surface area contributed by atoms with Crippen molar-refractivity contribution in [2.75, 3.05) is 33.4 Å². The fourth-order valence-corrected chi connectivity index (χ4v) is 5.41. The van der Waals surface area contributed by atoms with Gasteiger partial charge in [0, 0.05) is 42.6 Å². The number of carbonyl (C=O) groups is 1. The summed E-state index contributed by atoms with van der Waals surface area (Å²) in [6, 6.07) is 16.6. The molecule has 2 aromatic rings. The van der Waals surface area contributed by atoms with Crippen LogP contribution < -0.4 is 4.74 Å². The molecule has 3 aliphatic rings. The first-order valence-corrected chi connectivity index (χ1v) is 12.1. The molecule has 1 saturated carbocycles. The van der Waals surface area contributed by atoms with Crippen molar-refractivity contribution in [2.24, 2.45) is 5.92 Å². The van der Waals surface area contributed by atoms with Gasteiger partial charge in [0.25, 0.3) is 0 Å². The van der Waals surface area contributed by atoms with E-state index in [-0.39, 0.29) is 30.5 Å². The Kier molecular flexibility index (Phi) is 6.39. The highest BCUT2D eigenvalue weighted by Crippen LogP contribution is 2.42. The van der Waals surface area contributed by atoms with Gasteiger partial charge in [0.05, 0.1) is 19.3 Å². The molecule has 0 spiro atoms. The molecule has 2 heterocycles. The molecule has 0 radical (unpaired) electrons. The molecule has 1 N–H and O–H groups in total. The number of fused-ring (bicyclic) bond motifs is 1. The van der Waals surface area contributed by atoms with Gasteiger partial charge in [-0.05, 0) is 62.1 Å². The highest BCUT2D eigenvalue weighted by molar-refractivity contribution is 5.81. The summed E-state index contributed by atoms with van der Waals surface area (Å²) in [7, 11) is 1.66. The van der Waals surface area contributed by atoms with E-state index in [9.17, 15) is 9.90 Å². The van der Waals surface area contributed by atoms with Gasteiger partial charge in [-0.2, -0.15) is 0 Å². The molecule has 3 atom stereocenters. The summed E-state index contributed by atoms with van der Waals surface area (Å²) >= 11 is 0. The van der Waals surface area contributed by atoms with Crippen LogP contribution in [0.2, 0.25) is 0 Å². The lowest BCUT2D eigenvalue weighted by molar-refractivity contribution is -0.137. The second-order valence-electron chi connectivity index (χ2n) is 9.42. The number of carbonyl (C=O) groups excluding carboxylic acids is 1. The summed E-state index contributed by atoms with van der Waals surface area (Å²) in [5, 5.41) is 10.1. The molecule has 2 aromatic carbocycles. The topological polar surface area (TPSA) is 53.0 Å². The van der Waals surface area contributed by atoms with Crippen molar-refractivity contribution in [3.8, 4) is 17.6 Å². The number of benzene rings is 2. The van der Waals surface area contributed by atoms with E-state index in [1.807, 2.05) is 24.3 Å². The Hall–Kier alpha value is -2.81. The number of aliphatic hydroxyl groups is 1. The van der Waals surface area contributed by atoms with E-state index < -0.39 is 0 Å². The quantitative estimate of drug-likeness (QED) is 0.736. The standard InChI is InChI=1S/C28H32N2O3/c1-33-26-7-3-2-6-21(26)11-8-20-9-12-22(13-10-20)27-24-18-29(28(32)23-14-15-23)16-4-5-17-30(24)25(27)19-31/h2-3,6-7,9-10,12-13,23-25,27,31H,4-5,14-19H2,1H3/t24-,25+,27+/m1/s1. The van der Waals surface area contributed by atoms with Crippen LogP contribution in [-0.2, 0) is 4.79 Å². The van der Waals surface area contributed by atoms with Crippen molar-refractivity contribution < 1.29 is 14.6 Å². The molecular weight excluding hydrogens is 412 g/mol. The molecule has 1 amide bonds. The zero-order valence-corrected chi connectivity index (χ0v) is 19.2. The van der Waals surface area contributed by atoms with Gasteiger partial charge < -0.3 is 14.7 Å². The van der Waals surface area contributed by atoms with Crippen molar-refractivity contribution in [1.29, 1.82) is 0 Å². The highest BCUT2D eigenvalue weighted by atomic mass is 16.5. The van der Waals surface area contributed by atoms with E-state index in [1.165, 1.54) is 5.56 Å². The van der Waals surface area contributed by atoms with Crippen molar-refractivity contribution in [2.45, 2.75) is 43.7 Å². The molecule has 0 unspecified atom stereocenters. The van der Waals surface area contributed by atoms with Crippen molar-refractivity contribution in [3.63, 3.8) is 0 Å². The second-order valence-corrected chi connectivity index (χ2v) is 9.42. The van der Waals surface area contributed by atoms with E-state index in [4.69, 9.17) is 4.74 Å². The third kappa shape index (κ3) is 4.51. The summed E-state index contributed by atoms with van der Waals surface area (Å²) < 4.78 is 5.39. The Morgan fingerprint density at radius 1 is 1.06 bits per heavy atom. The Balaban J connectivity index is 1.34. The monoisotopic (exact) mass is 444 g/mol. The van der Waals surface area contributed by atoms with Crippen molar-refractivity contribution >= 4 is 5.91 Å². The number of amides is 1. The van der Waals surface area contributed by atoms with Crippen molar-refractivity contribution in [1.82, 2.24) is 9.80 Å². The van der Waals surface area contributed by atoms with Crippen LogP contribution in [-0.4, -0.2) is 66.2 Å². The Labute approximate surface area is 196 Å². The minimum atomic E-state index is 0.122. The van der Waals surface area contributed by atoms with Crippen LogP contribution in [0.25, 0.3) is 0 Å². The fourth-order valence-electron chi connectivity index (χ4n) is 5.41. The molecule has 172 valence electrons. The fraction of sp³-hybridized carbons (Fsp3) is 0.464. The van der Waals surface area contributed by atoms with Crippen molar-refractivity contribution in [3.05, 3.63) is 65.2 Å². The maximum Gasteiger partial charge on any atom is 0.225 e. The van der Waals surface area contributed by atoms with Gasteiger partial charge >= 0.3 is 0 Å². The number of nitrogens with zero attached hydrogens (tertiary/aromatic N) is 2. The first-order valence-electron chi connectivity index (χ1n) is 12.1. The van der Waals surface area contributed by atoms with Crippen LogP contribution in [0, 0.1) is 17.8 Å². The number of hydrogen-bond acceptors (Lipinski definition) is 4. The molecule has 33 heavy (non-hydrogen) atoms. The van der Waals surface area contributed by atoms with Crippen LogP contribution in [0.3, 0.4) is 0 Å². The maximum absolute atomic E-state index is 12.8. The molecular formula is C28H32N2O3. The van der Waals surface area contributed by atoms with E-state index in [1.54, 1.807) is 7.11 Å². The van der Waals surface area contributed by atoms with Gasteiger partial charge in [0.1, 0.15) is 5.75 Å². The number of hydrogen-bond donors (Lipinski definition) is 1. The minimum Gasteiger partial charge on any atom is -0.495 e. The molecule has 2 saturated heterocycles. The van der Waals surface area contributed by atoms with E-state index in [0.717, 1.165) is 62.2 Å². The normalized spacial score (nSPS) is 25.0. The summed E-state index contributed by atoms with van der Waals surface area (Å²) in [4.78, 5) is 17.3.